The average molecular weight is 356 g/mol. The first-order valence-electron chi connectivity index (χ1n) is 9.07. The van der Waals surface area contributed by atoms with Crippen molar-refractivity contribution in [1.29, 1.82) is 0 Å². The lowest BCUT2D eigenvalue weighted by atomic mass is 9.82. The fourth-order valence-electron chi connectivity index (χ4n) is 3.46. The van der Waals surface area contributed by atoms with Gasteiger partial charge in [-0.25, -0.2) is 0 Å². The van der Waals surface area contributed by atoms with E-state index in [-0.39, 0.29) is 30.9 Å². The molecular formula is C21H24O5. The molecule has 2 aromatic rings. The Labute approximate surface area is 153 Å². The van der Waals surface area contributed by atoms with Gasteiger partial charge in [0.1, 0.15) is 6.61 Å². The molecule has 1 aliphatic carbocycles. The van der Waals surface area contributed by atoms with Crippen molar-refractivity contribution in [2.75, 3.05) is 0 Å². The monoisotopic (exact) mass is 356 g/mol. The molecular weight excluding hydrogens is 332 g/mol. The van der Waals surface area contributed by atoms with E-state index >= 15 is 0 Å². The summed E-state index contributed by atoms with van der Waals surface area (Å²) < 4.78 is 16.8. The van der Waals surface area contributed by atoms with E-state index in [0.717, 1.165) is 34.1 Å². The van der Waals surface area contributed by atoms with Gasteiger partial charge in [-0.15, -0.1) is 0 Å². The van der Waals surface area contributed by atoms with E-state index in [1.807, 2.05) is 13.0 Å². The molecule has 0 saturated carbocycles. The number of furan rings is 1. The third-order valence-electron chi connectivity index (χ3n) is 4.78. The topological polar surface area (TPSA) is 65.7 Å². The molecule has 5 nitrogen and oxygen atoms in total. The number of fused-ring (bicyclic) bond motifs is 2. The molecule has 0 amide bonds. The van der Waals surface area contributed by atoms with Gasteiger partial charge < -0.3 is 13.9 Å². The maximum absolute atomic E-state index is 12.0. The Balaban J connectivity index is 2.26. The van der Waals surface area contributed by atoms with Gasteiger partial charge in [-0.1, -0.05) is 32.9 Å². The lowest BCUT2D eigenvalue weighted by Crippen LogP contribution is -2.13. The number of allylic oxidation sites excluding steroid dienone is 1. The summed E-state index contributed by atoms with van der Waals surface area (Å²) in [6.07, 6.45) is 7.18. The third-order valence-corrected chi connectivity index (χ3v) is 4.78. The molecule has 0 aliphatic heterocycles. The minimum Gasteiger partial charge on any atom is -0.461 e. The summed E-state index contributed by atoms with van der Waals surface area (Å²) in [5.74, 6) is 0.138. The van der Waals surface area contributed by atoms with E-state index in [1.165, 1.54) is 0 Å². The van der Waals surface area contributed by atoms with Gasteiger partial charge in [0.25, 0.3) is 0 Å². The van der Waals surface area contributed by atoms with E-state index in [4.69, 9.17) is 13.9 Å². The predicted molar refractivity (Wildman–Crippen MR) is 99.0 cm³/mol. The second-order valence-electron chi connectivity index (χ2n) is 6.64. The first-order chi connectivity index (χ1) is 12.5. The van der Waals surface area contributed by atoms with Crippen LogP contribution in [0.3, 0.4) is 0 Å². The van der Waals surface area contributed by atoms with Gasteiger partial charge in [0.2, 0.25) is 0 Å². The molecule has 0 N–H and O–H groups in total. The van der Waals surface area contributed by atoms with Crippen molar-refractivity contribution in [3.05, 3.63) is 34.6 Å². The van der Waals surface area contributed by atoms with E-state index in [0.29, 0.717) is 17.8 Å². The van der Waals surface area contributed by atoms with Crippen LogP contribution in [0.1, 0.15) is 68.2 Å². The molecule has 26 heavy (non-hydrogen) atoms. The average Bonchev–Trinajstić information content (AvgIpc) is 3.02. The smallest absolute Gasteiger partial charge is 0.311 e. The van der Waals surface area contributed by atoms with E-state index in [2.05, 4.69) is 13.0 Å². The highest BCUT2D eigenvalue weighted by Gasteiger charge is 2.28. The molecule has 0 saturated heterocycles. The summed E-state index contributed by atoms with van der Waals surface area (Å²) in [6, 6.07) is 0. The number of carbonyl (C=O) groups excluding carboxylic acids is 2. The Hall–Kier alpha value is -2.56. The fraction of sp³-hybridized carbons (Fsp3) is 0.429. The minimum atomic E-state index is -0.306. The summed E-state index contributed by atoms with van der Waals surface area (Å²) in [5, 5.41) is 0.869. The first kappa shape index (κ1) is 18.2. The van der Waals surface area contributed by atoms with Crippen LogP contribution in [0.15, 0.2) is 16.8 Å². The Kier molecular flexibility index (Phi) is 5.16. The lowest BCUT2D eigenvalue weighted by Gasteiger charge is -2.25. The standard InChI is InChI=1S/C21H24O5/c1-5-16(22)24-11-15-18-12(3)8-7-9-14(18)20(26-17(23)6-2)21-19(15)13(4)10-25-21/h7,9-10,12H,5-6,8,11H2,1-4H3. The van der Waals surface area contributed by atoms with Gasteiger partial charge in [0.05, 0.1) is 6.26 Å². The second kappa shape index (κ2) is 7.36. The van der Waals surface area contributed by atoms with Crippen LogP contribution in [0.25, 0.3) is 17.0 Å². The molecule has 0 bridgehead atoms. The SMILES string of the molecule is CCC(=O)OCc1c2c(c(OC(=O)CC)c3occ(C)c13)C=CCC2C. The summed E-state index contributed by atoms with van der Waals surface area (Å²) >= 11 is 0. The third kappa shape index (κ3) is 3.14. The van der Waals surface area contributed by atoms with Crippen LogP contribution in [0, 0.1) is 6.92 Å². The van der Waals surface area contributed by atoms with Gasteiger partial charge >= 0.3 is 11.9 Å². The van der Waals surface area contributed by atoms with Gasteiger partial charge in [-0.2, -0.15) is 0 Å². The minimum absolute atomic E-state index is 0.187. The van der Waals surface area contributed by atoms with E-state index in [9.17, 15) is 9.59 Å². The van der Waals surface area contributed by atoms with Gasteiger partial charge in [0.15, 0.2) is 11.3 Å². The number of aryl methyl sites for hydroxylation is 1. The number of ether oxygens (including phenoxy) is 2. The van der Waals surface area contributed by atoms with Crippen molar-refractivity contribution in [3.8, 4) is 5.75 Å². The van der Waals surface area contributed by atoms with Crippen molar-refractivity contribution in [2.24, 2.45) is 0 Å². The van der Waals surface area contributed by atoms with Crippen molar-refractivity contribution < 1.29 is 23.5 Å². The van der Waals surface area contributed by atoms with E-state index in [1.54, 1.807) is 20.1 Å². The molecule has 1 atom stereocenters. The molecule has 0 radical (unpaired) electrons. The first-order valence-corrected chi connectivity index (χ1v) is 9.07. The fourth-order valence-corrected chi connectivity index (χ4v) is 3.46. The molecule has 1 aliphatic rings. The summed E-state index contributed by atoms with van der Waals surface area (Å²) in [6.45, 7) is 7.79. The van der Waals surface area contributed by atoms with Crippen molar-refractivity contribution >= 4 is 29.0 Å². The maximum Gasteiger partial charge on any atom is 0.311 e. The normalized spacial score (nSPS) is 15.8. The van der Waals surface area contributed by atoms with Crippen molar-refractivity contribution in [3.63, 3.8) is 0 Å². The highest BCUT2D eigenvalue weighted by molar-refractivity contribution is 5.96. The Morgan fingerprint density at radius 3 is 2.65 bits per heavy atom. The molecule has 1 heterocycles. The summed E-state index contributed by atoms with van der Waals surface area (Å²) in [4.78, 5) is 23.7. The Morgan fingerprint density at radius 1 is 1.23 bits per heavy atom. The van der Waals surface area contributed by atoms with Crippen LogP contribution < -0.4 is 4.74 Å². The lowest BCUT2D eigenvalue weighted by molar-refractivity contribution is -0.144. The van der Waals surface area contributed by atoms with Crippen LogP contribution >= 0.6 is 0 Å². The number of carbonyl (C=O) groups is 2. The predicted octanol–water partition coefficient (Wildman–Crippen LogP) is 5.03. The Bertz CT molecular complexity index is 888. The second-order valence-corrected chi connectivity index (χ2v) is 6.64. The van der Waals surface area contributed by atoms with Crippen LogP contribution in [0.2, 0.25) is 0 Å². The zero-order valence-electron chi connectivity index (χ0n) is 15.7. The number of hydrogen-bond donors (Lipinski definition) is 0. The zero-order chi connectivity index (χ0) is 18.8. The molecule has 5 heteroatoms. The number of benzene rings is 1. The number of hydrogen-bond acceptors (Lipinski definition) is 5. The van der Waals surface area contributed by atoms with Gasteiger partial charge in [0, 0.05) is 29.4 Å². The van der Waals surface area contributed by atoms with Crippen molar-refractivity contribution in [2.45, 2.75) is 59.5 Å². The molecule has 1 aromatic carbocycles. The van der Waals surface area contributed by atoms with E-state index < -0.39 is 0 Å². The summed E-state index contributed by atoms with van der Waals surface area (Å²) in [7, 11) is 0. The van der Waals surface area contributed by atoms with Crippen LogP contribution in [-0.4, -0.2) is 11.9 Å². The largest absolute Gasteiger partial charge is 0.461 e. The van der Waals surface area contributed by atoms with Gasteiger partial charge in [-0.3, -0.25) is 9.59 Å². The quantitative estimate of drug-likeness (QED) is 0.555. The van der Waals surface area contributed by atoms with Crippen LogP contribution in [-0.2, 0) is 20.9 Å². The number of rotatable bonds is 5. The maximum atomic E-state index is 12.0. The highest BCUT2D eigenvalue weighted by atomic mass is 16.5. The molecule has 0 fully saturated rings. The molecule has 138 valence electrons. The number of esters is 2. The summed E-state index contributed by atoms with van der Waals surface area (Å²) in [5.41, 5.74) is 4.31. The highest BCUT2D eigenvalue weighted by Crippen LogP contribution is 2.45. The van der Waals surface area contributed by atoms with Crippen LogP contribution in [0.4, 0.5) is 0 Å². The van der Waals surface area contributed by atoms with Gasteiger partial charge in [-0.05, 0) is 30.4 Å². The molecule has 1 aromatic heterocycles. The Morgan fingerprint density at radius 2 is 1.96 bits per heavy atom. The zero-order valence-corrected chi connectivity index (χ0v) is 15.7. The van der Waals surface area contributed by atoms with Crippen LogP contribution in [0.5, 0.6) is 5.75 Å². The molecule has 3 rings (SSSR count). The van der Waals surface area contributed by atoms with Crippen molar-refractivity contribution in [1.82, 2.24) is 0 Å². The molecule has 1 unspecified atom stereocenters. The molecule has 0 spiro atoms.